The van der Waals surface area contributed by atoms with Gasteiger partial charge in [0.1, 0.15) is 5.75 Å². The summed E-state index contributed by atoms with van der Waals surface area (Å²) in [6.45, 7) is 3.99. The summed E-state index contributed by atoms with van der Waals surface area (Å²) in [5, 5.41) is 2.74. The Labute approximate surface area is 154 Å². The highest BCUT2D eigenvalue weighted by molar-refractivity contribution is 7.20. The van der Waals surface area contributed by atoms with Crippen LogP contribution in [0, 0.1) is 6.92 Å². The predicted molar refractivity (Wildman–Crippen MR) is 107 cm³/mol. The third-order valence-corrected chi connectivity index (χ3v) is 4.71. The second-order valence-corrected chi connectivity index (χ2v) is 7.34. The van der Waals surface area contributed by atoms with E-state index in [-0.39, 0.29) is 5.91 Å². The Morgan fingerprint density at radius 2 is 1.88 bits per heavy atom. The number of hydrogen-bond acceptors (Lipinski definition) is 2. The normalized spacial score (nSPS) is 10.9. The van der Waals surface area contributed by atoms with Gasteiger partial charge in [0.15, 0.2) is 0 Å². The minimum absolute atomic E-state index is 0.0674. The smallest absolute Gasteiger partial charge is 0.262 e. The maximum Gasteiger partial charge on any atom is 0.262 e. The van der Waals surface area contributed by atoms with Gasteiger partial charge in [-0.05, 0) is 73.6 Å². The van der Waals surface area contributed by atoms with Gasteiger partial charge in [-0.15, -0.1) is 8.86 Å². The molecule has 0 aliphatic carbocycles. The van der Waals surface area contributed by atoms with E-state index in [4.69, 9.17) is 16.3 Å². The minimum atomic E-state index is -0.0674. The van der Waals surface area contributed by atoms with Gasteiger partial charge in [-0.25, -0.2) is 0 Å². The van der Waals surface area contributed by atoms with Gasteiger partial charge in [0, 0.05) is 21.7 Å². The van der Waals surface area contributed by atoms with Crippen molar-refractivity contribution in [3.8, 4) is 5.75 Å². The predicted octanol–water partition coefficient (Wildman–Crippen LogP) is 5.18. The Balaban J connectivity index is 2.23. The fourth-order valence-electron chi connectivity index (χ4n) is 3.06. The molecule has 0 bridgehead atoms. The summed E-state index contributed by atoms with van der Waals surface area (Å²) >= 11 is 5.94. The number of fused-ring (bicyclic) bond motifs is 1. The second-order valence-electron chi connectivity index (χ2n) is 6.05. The number of carbonyl (C=O) groups excluding carboxylic acids is 1. The van der Waals surface area contributed by atoms with Gasteiger partial charge in [-0.2, -0.15) is 0 Å². The van der Waals surface area contributed by atoms with Gasteiger partial charge < -0.3 is 4.74 Å². The fraction of sp³-hybridized carbons (Fsp3) is 0.200. The van der Waals surface area contributed by atoms with E-state index < -0.39 is 0 Å². The average Bonchev–Trinajstić information content (AvgIpc) is 2.86. The summed E-state index contributed by atoms with van der Waals surface area (Å²) in [6.07, 6.45) is 0.743. The van der Waals surface area contributed by atoms with Crippen molar-refractivity contribution in [1.29, 1.82) is 0 Å². The van der Waals surface area contributed by atoms with Crippen molar-refractivity contribution in [1.82, 2.24) is 4.57 Å². The first-order valence-electron chi connectivity index (χ1n) is 7.94. The molecule has 0 N–H and O–H groups in total. The van der Waals surface area contributed by atoms with Crippen molar-refractivity contribution < 1.29 is 9.53 Å². The zero-order valence-corrected chi connectivity index (χ0v) is 16.1. The Morgan fingerprint density at radius 3 is 2.48 bits per heavy atom. The van der Waals surface area contributed by atoms with Gasteiger partial charge in [0.2, 0.25) is 0 Å². The van der Waals surface area contributed by atoms with Crippen LogP contribution >= 0.6 is 20.5 Å². The van der Waals surface area contributed by atoms with Crippen molar-refractivity contribution in [2.24, 2.45) is 0 Å². The number of halogens is 1. The molecule has 3 aromatic rings. The van der Waals surface area contributed by atoms with Crippen molar-refractivity contribution >= 4 is 42.6 Å². The van der Waals surface area contributed by atoms with Crippen LogP contribution < -0.4 is 4.74 Å². The first-order chi connectivity index (χ1) is 11.9. The Morgan fingerprint density at radius 1 is 1.20 bits per heavy atom. The topological polar surface area (TPSA) is 31.2 Å². The number of ether oxygens (including phenoxy) is 1. The van der Waals surface area contributed by atoms with E-state index >= 15 is 0 Å². The van der Waals surface area contributed by atoms with Crippen molar-refractivity contribution in [3.05, 3.63) is 64.3 Å². The highest BCUT2D eigenvalue weighted by Crippen LogP contribution is 2.31. The average molecular weight is 372 g/mol. The third kappa shape index (κ3) is 3.35. The molecule has 5 heteroatoms. The van der Waals surface area contributed by atoms with Crippen LogP contribution in [0.15, 0.2) is 42.5 Å². The molecule has 0 atom stereocenters. The minimum Gasteiger partial charge on any atom is -0.497 e. The summed E-state index contributed by atoms with van der Waals surface area (Å²) in [6, 6.07) is 12.8. The van der Waals surface area contributed by atoms with Crippen LogP contribution in [0.3, 0.4) is 0 Å². The summed E-state index contributed by atoms with van der Waals surface area (Å²) in [5.74, 6) is 0.707. The quantitative estimate of drug-likeness (QED) is 0.592. The molecular weight excluding hydrogens is 353 g/mol. The molecule has 0 saturated heterocycles. The van der Waals surface area contributed by atoms with E-state index in [2.05, 4.69) is 8.86 Å². The lowest BCUT2D eigenvalue weighted by Gasteiger charge is -2.08. The molecule has 0 spiro atoms. The number of hydrogen-bond donors (Lipinski definition) is 0. The van der Waals surface area contributed by atoms with E-state index in [0.717, 1.165) is 39.6 Å². The number of nitrogens with zero attached hydrogens (tertiary/aromatic N) is 1. The maximum atomic E-state index is 13.1. The lowest BCUT2D eigenvalue weighted by molar-refractivity contribution is 0.0963. The van der Waals surface area contributed by atoms with Gasteiger partial charge >= 0.3 is 0 Å². The number of carbonyl (C=O) groups is 1. The van der Waals surface area contributed by atoms with E-state index in [9.17, 15) is 4.79 Å². The summed E-state index contributed by atoms with van der Waals surface area (Å²) in [4.78, 5) is 13.1. The van der Waals surface area contributed by atoms with Crippen LogP contribution in [-0.4, -0.2) is 22.9 Å². The number of aromatic nitrogens is 1. The van der Waals surface area contributed by atoms with Gasteiger partial charge in [-0.3, -0.25) is 9.36 Å². The summed E-state index contributed by atoms with van der Waals surface area (Å²) in [7, 11) is 5.24. The monoisotopic (exact) mass is 371 g/mol. The number of benzene rings is 2. The molecule has 0 amide bonds. The van der Waals surface area contributed by atoms with Crippen LogP contribution in [0.25, 0.3) is 10.9 Å². The second kappa shape index (κ2) is 7.03. The highest BCUT2D eigenvalue weighted by Gasteiger charge is 2.20. The third-order valence-electron chi connectivity index (χ3n) is 4.28. The lowest BCUT2D eigenvalue weighted by Crippen LogP contribution is -2.13. The molecular formula is C20H19ClNO2P. The van der Waals surface area contributed by atoms with Crippen LogP contribution in [0.2, 0.25) is 5.02 Å². The van der Waals surface area contributed by atoms with Crippen LogP contribution in [-0.2, 0) is 6.42 Å². The molecule has 3 nitrogen and oxygen atoms in total. The molecule has 0 fully saturated rings. The Bertz CT molecular complexity index is 974. The van der Waals surface area contributed by atoms with Crippen molar-refractivity contribution in [3.63, 3.8) is 0 Å². The maximum absolute atomic E-state index is 13.1. The van der Waals surface area contributed by atoms with Crippen LogP contribution in [0.4, 0.5) is 0 Å². The SMILES string of the molecule is COc1ccc2c(c1)c(CC(C)=P)c(C)n2C(=O)c1ccc(Cl)cc1. The molecule has 0 radical (unpaired) electrons. The molecule has 3 rings (SSSR count). The number of methoxy groups -OCH3 is 1. The molecule has 1 aromatic heterocycles. The van der Waals surface area contributed by atoms with Crippen molar-refractivity contribution in [2.75, 3.05) is 7.11 Å². The van der Waals surface area contributed by atoms with E-state index in [1.807, 2.05) is 32.0 Å². The zero-order valence-electron chi connectivity index (χ0n) is 14.4. The Kier molecular flexibility index (Phi) is 4.99. The van der Waals surface area contributed by atoms with E-state index in [0.29, 0.717) is 10.6 Å². The van der Waals surface area contributed by atoms with Gasteiger partial charge in [0.25, 0.3) is 5.91 Å². The van der Waals surface area contributed by atoms with Crippen LogP contribution in [0.5, 0.6) is 5.75 Å². The molecule has 25 heavy (non-hydrogen) atoms. The molecule has 0 unspecified atom stereocenters. The largest absolute Gasteiger partial charge is 0.497 e. The van der Waals surface area contributed by atoms with Crippen molar-refractivity contribution in [2.45, 2.75) is 20.3 Å². The first kappa shape index (κ1) is 17.7. The van der Waals surface area contributed by atoms with Crippen LogP contribution in [0.1, 0.15) is 28.5 Å². The highest BCUT2D eigenvalue weighted by atomic mass is 35.5. The van der Waals surface area contributed by atoms with E-state index in [1.54, 1.807) is 35.9 Å². The molecule has 1 heterocycles. The molecule has 0 saturated carbocycles. The molecule has 0 aliphatic rings. The molecule has 0 aliphatic heterocycles. The zero-order chi connectivity index (χ0) is 18.1. The van der Waals surface area contributed by atoms with Gasteiger partial charge in [-0.1, -0.05) is 11.6 Å². The molecule has 2 aromatic carbocycles. The Hall–Kier alpha value is -2.09. The number of rotatable bonds is 4. The summed E-state index contributed by atoms with van der Waals surface area (Å²) < 4.78 is 7.13. The lowest BCUT2D eigenvalue weighted by atomic mass is 10.1. The van der Waals surface area contributed by atoms with E-state index in [1.165, 1.54) is 0 Å². The molecule has 128 valence electrons. The summed E-state index contributed by atoms with van der Waals surface area (Å²) in [5.41, 5.74) is 3.52. The van der Waals surface area contributed by atoms with Gasteiger partial charge in [0.05, 0.1) is 12.6 Å². The fourth-order valence-corrected chi connectivity index (χ4v) is 3.36. The standard InChI is InChI=1S/C20H19ClNO2P/c1-12(25)10-17-13(2)22(19-9-8-16(24-3)11-18(17)19)20(23)14-4-6-15(21)7-5-14/h4-9,11,25H,10H2,1-3H3. The first-order valence-corrected chi connectivity index (χ1v) is 8.82.